The fourth-order valence-corrected chi connectivity index (χ4v) is 5.51. The number of nitrogens with two attached hydrogens (primary N) is 1. The second kappa shape index (κ2) is 8.14. The molecule has 28 heavy (non-hydrogen) atoms. The van der Waals surface area contributed by atoms with Gasteiger partial charge in [-0.1, -0.05) is 30.3 Å². The predicted octanol–water partition coefficient (Wildman–Crippen LogP) is 3.76. The molecule has 4 aromatic rings. The van der Waals surface area contributed by atoms with Crippen LogP contribution in [0.25, 0.3) is 32.6 Å². The Balaban J connectivity index is 1.95. The molecular weight excluding hydrogens is 392 g/mol. The topological polar surface area (TPSA) is 91.0 Å². The quantitative estimate of drug-likeness (QED) is 0.520. The van der Waals surface area contributed by atoms with Crippen molar-refractivity contribution in [2.24, 2.45) is 0 Å². The van der Waals surface area contributed by atoms with Crippen LogP contribution >= 0.6 is 11.3 Å². The van der Waals surface area contributed by atoms with Crippen LogP contribution in [0.2, 0.25) is 0 Å². The van der Waals surface area contributed by atoms with E-state index in [4.69, 9.17) is 15.5 Å². The van der Waals surface area contributed by atoms with E-state index < -0.39 is 10.8 Å². The summed E-state index contributed by atoms with van der Waals surface area (Å²) in [5, 5.41) is 0.831. The Morgan fingerprint density at radius 1 is 1.14 bits per heavy atom. The van der Waals surface area contributed by atoms with Crippen LogP contribution in [0.1, 0.15) is 0 Å². The summed E-state index contributed by atoms with van der Waals surface area (Å²) in [6.07, 6.45) is 4.94. The van der Waals surface area contributed by atoms with E-state index >= 15 is 0 Å². The summed E-state index contributed by atoms with van der Waals surface area (Å²) in [6.45, 7) is 0.409. The monoisotopic (exact) mass is 410 g/mol. The number of fused-ring (bicyclic) bond motifs is 1. The maximum Gasteiger partial charge on any atom is 0.127 e. The van der Waals surface area contributed by atoms with Gasteiger partial charge in [-0.05, 0) is 17.2 Å². The number of thiophene rings is 1. The van der Waals surface area contributed by atoms with Gasteiger partial charge in [0.2, 0.25) is 0 Å². The normalized spacial score (nSPS) is 12.3. The first-order valence-electron chi connectivity index (χ1n) is 8.60. The van der Waals surface area contributed by atoms with Gasteiger partial charge in [-0.2, -0.15) is 0 Å². The summed E-state index contributed by atoms with van der Waals surface area (Å²) >= 11 is 1.37. The van der Waals surface area contributed by atoms with E-state index in [2.05, 4.69) is 9.97 Å². The Morgan fingerprint density at radius 2 is 1.89 bits per heavy atom. The highest BCUT2D eigenvalue weighted by Gasteiger charge is 2.20. The van der Waals surface area contributed by atoms with Crippen LogP contribution in [0, 0.1) is 0 Å². The molecule has 142 valence electrons. The van der Waals surface area contributed by atoms with Gasteiger partial charge in [0, 0.05) is 30.5 Å². The molecule has 0 bridgehead atoms. The number of nitrogens with zero attached hydrogens (tertiary/aromatic N) is 3. The summed E-state index contributed by atoms with van der Waals surface area (Å²) in [4.78, 5) is 13.7. The van der Waals surface area contributed by atoms with Crippen LogP contribution in [0.5, 0.6) is 0 Å². The molecule has 0 fully saturated rings. The molecule has 4 rings (SSSR count). The summed E-state index contributed by atoms with van der Waals surface area (Å²) in [5.74, 6) is 0.396. The molecule has 0 saturated heterocycles. The molecule has 1 atom stereocenters. The molecule has 2 N–H and O–H groups in total. The first-order valence-corrected chi connectivity index (χ1v) is 10.7. The lowest BCUT2D eigenvalue weighted by atomic mass is 10.0. The zero-order valence-electron chi connectivity index (χ0n) is 15.2. The Bertz CT molecular complexity index is 1130. The molecule has 0 saturated carbocycles. The van der Waals surface area contributed by atoms with E-state index in [1.807, 2.05) is 36.4 Å². The highest BCUT2D eigenvalue weighted by Crippen LogP contribution is 2.42. The van der Waals surface area contributed by atoms with Crippen molar-refractivity contribution in [1.82, 2.24) is 15.0 Å². The van der Waals surface area contributed by atoms with E-state index in [0.717, 1.165) is 32.6 Å². The number of anilines is 1. The van der Waals surface area contributed by atoms with Crippen LogP contribution in [0.3, 0.4) is 0 Å². The van der Waals surface area contributed by atoms with Crippen LogP contribution < -0.4 is 5.73 Å². The molecule has 6 nitrogen and oxygen atoms in total. The van der Waals surface area contributed by atoms with Gasteiger partial charge in [-0.25, -0.2) is 15.0 Å². The van der Waals surface area contributed by atoms with Crippen molar-refractivity contribution in [2.75, 3.05) is 25.2 Å². The second-order valence-electron chi connectivity index (χ2n) is 6.07. The lowest BCUT2D eigenvalue weighted by Crippen LogP contribution is -2.04. The average Bonchev–Trinajstić information content (AvgIpc) is 3.09. The number of ether oxygens (including phenoxy) is 1. The SMILES string of the molecule is COCC[S@@](=O)c1sc2nc(-c3cncnc3)cc(-c3ccccc3)c2c1N. The van der Waals surface area contributed by atoms with Crippen LogP contribution in [-0.4, -0.2) is 38.6 Å². The molecule has 8 heteroatoms. The summed E-state index contributed by atoms with van der Waals surface area (Å²) in [7, 11) is 0.353. The fraction of sp³-hybridized carbons (Fsp3) is 0.150. The summed E-state index contributed by atoms with van der Waals surface area (Å²) in [5.41, 5.74) is 10.5. The predicted molar refractivity (Wildman–Crippen MR) is 114 cm³/mol. The van der Waals surface area contributed by atoms with E-state index in [-0.39, 0.29) is 0 Å². The molecule has 3 heterocycles. The van der Waals surface area contributed by atoms with E-state index in [9.17, 15) is 4.21 Å². The van der Waals surface area contributed by atoms with Gasteiger partial charge in [-0.15, -0.1) is 11.3 Å². The zero-order valence-corrected chi connectivity index (χ0v) is 16.8. The molecule has 0 radical (unpaired) electrons. The lowest BCUT2D eigenvalue weighted by Gasteiger charge is -2.08. The van der Waals surface area contributed by atoms with Gasteiger partial charge in [0.25, 0.3) is 0 Å². The van der Waals surface area contributed by atoms with Gasteiger partial charge in [0.15, 0.2) is 0 Å². The molecule has 0 aliphatic heterocycles. The molecule has 0 aliphatic carbocycles. The highest BCUT2D eigenvalue weighted by molar-refractivity contribution is 7.87. The highest BCUT2D eigenvalue weighted by atomic mass is 32.2. The third-order valence-electron chi connectivity index (χ3n) is 4.29. The van der Waals surface area contributed by atoms with Crippen molar-refractivity contribution >= 4 is 38.0 Å². The van der Waals surface area contributed by atoms with E-state index in [0.29, 0.717) is 22.3 Å². The summed E-state index contributed by atoms with van der Waals surface area (Å²) in [6, 6.07) is 12.0. The van der Waals surface area contributed by atoms with Crippen LogP contribution in [0.15, 0.2) is 59.3 Å². The third kappa shape index (κ3) is 3.54. The van der Waals surface area contributed by atoms with Crippen molar-refractivity contribution in [3.63, 3.8) is 0 Å². The van der Waals surface area contributed by atoms with Gasteiger partial charge < -0.3 is 10.5 Å². The Morgan fingerprint density at radius 3 is 2.61 bits per heavy atom. The number of hydrogen-bond acceptors (Lipinski definition) is 7. The average molecular weight is 411 g/mol. The number of pyridine rings is 1. The smallest absolute Gasteiger partial charge is 0.127 e. The van der Waals surface area contributed by atoms with E-state index in [1.165, 1.54) is 17.7 Å². The van der Waals surface area contributed by atoms with Gasteiger partial charge in [-0.3, -0.25) is 4.21 Å². The number of nitrogen functional groups attached to an aromatic ring is 1. The minimum Gasteiger partial charge on any atom is -0.396 e. The molecule has 1 aromatic carbocycles. The molecular formula is C20H18N4O2S2. The fourth-order valence-electron chi connectivity index (χ4n) is 2.95. The minimum absolute atomic E-state index is 0.396. The Labute approximate surface area is 168 Å². The summed E-state index contributed by atoms with van der Waals surface area (Å²) < 4.78 is 18.4. The van der Waals surface area contributed by atoms with Crippen LogP contribution in [0.4, 0.5) is 5.69 Å². The number of benzene rings is 1. The first kappa shape index (κ1) is 18.7. The third-order valence-corrected chi connectivity index (χ3v) is 7.16. The van der Waals surface area contributed by atoms with Crippen molar-refractivity contribution in [3.8, 4) is 22.4 Å². The maximum absolute atomic E-state index is 12.7. The molecule has 0 aliphatic rings. The molecule has 0 amide bonds. The molecule has 0 unspecified atom stereocenters. The molecule has 0 spiro atoms. The Kier molecular flexibility index (Phi) is 5.43. The van der Waals surface area contributed by atoms with Gasteiger partial charge >= 0.3 is 0 Å². The zero-order chi connectivity index (χ0) is 19.5. The number of hydrogen-bond donors (Lipinski definition) is 1. The largest absolute Gasteiger partial charge is 0.396 e. The minimum atomic E-state index is -1.24. The van der Waals surface area contributed by atoms with Crippen molar-refractivity contribution < 1.29 is 8.95 Å². The second-order valence-corrected chi connectivity index (χ2v) is 8.84. The first-order chi connectivity index (χ1) is 13.7. The number of methoxy groups -OCH3 is 1. The standard InChI is InChI=1S/C20H18N4O2S2/c1-26-7-8-28(25)20-18(21)17-15(13-5-3-2-4-6-13)9-16(24-19(17)27-20)14-10-22-12-23-11-14/h2-6,9-12H,7-8,21H2,1H3/t28-/m1/s1. The Hall–Kier alpha value is -2.68. The van der Waals surface area contributed by atoms with E-state index in [1.54, 1.807) is 19.5 Å². The number of rotatable bonds is 6. The van der Waals surface area contributed by atoms with Gasteiger partial charge in [0.05, 0.1) is 34.5 Å². The molecule has 3 aromatic heterocycles. The number of aromatic nitrogens is 3. The van der Waals surface area contributed by atoms with Crippen molar-refractivity contribution in [2.45, 2.75) is 4.21 Å². The van der Waals surface area contributed by atoms with Crippen molar-refractivity contribution in [1.29, 1.82) is 0 Å². The van der Waals surface area contributed by atoms with Crippen LogP contribution in [-0.2, 0) is 15.5 Å². The maximum atomic E-state index is 12.7. The van der Waals surface area contributed by atoms with Crippen molar-refractivity contribution in [3.05, 3.63) is 55.1 Å². The van der Waals surface area contributed by atoms with Gasteiger partial charge in [0.1, 0.15) is 15.4 Å². The lowest BCUT2D eigenvalue weighted by molar-refractivity contribution is 0.218.